The van der Waals surface area contributed by atoms with Crippen LogP contribution in [-0.4, -0.2) is 23.1 Å². The highest BCUT2D eigenvalue weighted by Gasteiger charge is 2.22. The van der Waals surface area contributed by atoms with Gasteiger partial charge in [-0.3, -0.25) is 0 Å². The molecule has 1 fully saturated rings. The molecule has 0 unspecified atom stereocenters. The van der Waals surface area contributed by atoms with Crippen LogP contribution in [0.2, 0.25) is 0 Å². The van der Waals surface area contributed by atoms with Gasteiger partial charge in [-0.1, -0.05) is 12.2 Å². The number of aryl methyl sites for hydroxylation is 2. The Morgan fingerprint density at radius 2 is 2.00 bits per heavy atom. The number of aromatic nitrogens is 1. The molecule has 90 valence electrons. The molecule has 1 aromatic rings. The van der Waals surface area contributed by atoms with Crippen molar-refractivity contribution in [1.29, 1.82) is 0 Å². The highest BCUT2D eigenvalue weighted by Crippen LogP contribution is 2.29. The van der Waals surface area contributed by atoms with Gasteiger partial charge < -0.3 is 10.6 Å². The molecule has 1 aromatic heterocycles. The topological polar surface area (TPSA) is 42.1 Å². The number of nitrogens with two attached hydrogens (primary N) is 1. The summed E-state index contributed by atoms with van der Waals surface area (Å²) in [4.78, 5) is 7.62. The van der Waals surface area contributed by atoms with Crippen LogP contribution in [0.15, 0.2) is 6.07 Å². The molecule has 2 N–H and O–H groups in total. The first-order valence-corrected chi connectivity index (χ1v) is 6.74. The minimum absolute atomic E-state index is 0.481. The Labute approximate surface area is 107 Å². The molecule has 0 saturated carbocycles. The van der Waals surface area contributed by atoms with Gasteiger partial charge in [-0.2, -0.15) is 0 Å². The monoisotopic (exact) mass is 247 g/mol. The number of anilines is 1. The number of nitrogens with zero attached hydrogens (tertiary/aromatic N) is 2. The maximum Gasteiger partial charge on any atom is 0.139 e. The highest BCUT2D eigenvalue weighted by molar-refractivity contribution is 7.80. The van der Waals surface area contributed by atoms with E-state index in [-0.39, 0.29) is 0 Å². The van der Waals surface area contributed by atoms with E-state index in [9.17, 15) is 0 Å². The normalized spacial score (nSPS) is 18.5. The van der Waals surface area contributed by atoms with Crippen LogP contribution in [0.25, 0.3) is 0 Å². The first kappa shape index (κ1) is 11.0. The van der Waals surface area contributed by atoms with Crippen LogP contribution < -0.4 is 10.6 Å². The van der Waals surface area contributed by atoms with Crippen molar-refractivity contribution in [3.63, 3.8) is 0 Å². The minimum atomic E-state index is 0.481. The van der Waals surface area contributed by atoms with E-state index >= 15 is 0 Å². The molecule has 0 atom stereocenters. The molecule has 3 nitrogen and oxygen atoms in total. The van der Waals surface area contributed by atoms with Crippen molar-refractivity contribution < 1.29 is 0 Å². The number of fused-ring (bicyclic) bond motifs is 1. The van der Waals surface area contributed by atoms with Gasteiger partial charge in [-0.15, -0.1) is 0 Å². The summed E-state index contributed by atoms with van der Waals surface area (Å²) < 4.78 is 0. The van der Waals surface area contributed by atoms with Gasteiger partial charge in [-0.25, -0.2) is 4.98 Å². The van der Waals surface area contributed by atoms with E-state index in [4.69, 9.17) is 22.9 Å². The number of hydrogen-bond acceptors (Lipinski definition) is 3. The van der Waals surface area contributed by atoms with E-state index in [1.807, 2.05) is 0 Å². The maximum absolute atomic E-state index is 5.84. The Balaban J connectivity index is 2.07. The lowest BCUT2D eigenvalue weighted by Crippen LogP contribution is -2.24. The van der Waals surface area contributed by atoms with Crippen molar-refractivity contribution in [3.8, 4) is 0 Å². The number of rotatable bonds is 2. The summed E-state index contributed by atoms with van der Waals surface area (Å²) in [6.07, 6.45) is 5.93. The summed E-state index contributed by atoms with van der Waals surface area (Å²) in [5.74, 6) is 1.02. The molecule has 1 aliphatic heterocycles. The van der Waals surface area contributed by atoms with E-state index in [0.29, 0.717) is 4.99 Å². The lowest BCUT2D eigenvalue weighted by molar-refractivity contribution is 0.887. The van der Waals surface area contributed by atoms with Crippen LogP contribution in [0.1, 0.15) is 36.1 Å². The van der Waals surface area contributed by atoms with E-state index < -0.39 is 0 Å². The summed E-state index contributed by atoms with van der Waals surface area (Å²) in [7, 11) is 0. The minimum Gasteiger partial charge on any atom is -0.389 e. The van der Waals surface area contributed by atoms with Crippen molar-refractivity contribution in [1.82, 2.24) is 4.98 Å². The van der Waals surface area contributed by atoms with Gasteiger partial charge in [0, 0.05) is 18.8 Å². The average Bonchev–Trinajstić information content (AvgIpc) is 2.98. The van der Waals surface area contributed by atoms with E-state index in [0.717, 1.165) is 37.3 Å². The van der Waals surface area contributed by atoms with Crippen LogP contribution in [0.3, 0.4) is 0 Å². The van der Waals surface area contributed by atoms with Crippen LogP contribution in [0, 0.1) is 0 Å². The zero-order valence-electron chi connectivity index (χ0n) is 9.91. The molecule has 3 rings (SSSR count). The highest BCUT2D eigenvalue weighted by atomic mass is 32.1. The summed E-state index contributed by atoms with van der Waals surface area (Å²) in [5.41, 5.74) is 9.42. The van der Waals surface area contributed by atoms with Crippen LogP contribution >= 0.6 is 12.2 Å². The lowest BCUT2D eigenvalue weighted by Gasteiger charge is -2.20. The van der Waals surface area contributed by atoms with Crippen LogP contribution in [0.5, 0.6) is 0 Å². The summed E-state index contributed by atoms with van der Waals surface area (Å²) in [6.45, 7) is 2.17. The van der Waals surface area contributed by atoms with Gasteiger partial charge in [0.25, 0.3) is 0 Å². The van der Waals surface area contributed by atoms with Crippen molar-refractivity contribution in [2.24, 2.45) is 5.73 Å². The largest absolute Gasteiger partial charge is 0.389 e. The Hall–Kier alpha value is -1.16. The molecular formula is C13H17N3S. The fourth-order valence-corrected chi connectivity index (χ4v) is 2.96. The molecule has 0 radical (unpaired) electrons. The van der Waals surface area contributed by atoms with Crippen LogP contribution in [-0.2, 0) is 12.8 Å². The van der Waals surface area contributed by atoms with E-state index in [2.05, 4.69) is 11.0 Å². The van der Waals surface area contributed by atoms with Gasteiger partial charge in [0.15, 0.2) is 0 Å². The van der Waals surface area contributed by atoms with Gasteiger partial charge in [0.1, 0.15) is 10.8 Å². The third-order valence-corrected chi connectivity index (χ3v) is 3.92. The van der Waals surface area contributed by atoms with Crippen molar-refractivity contribution >= 4 is 23.0 Å². The zero-order valence-corrected chi connectivity index (χ0v) is 10.7. The Morgan fingerprint density at radius 3 is 2.71 bits per heavy atom. The second-order valence-electron chi connectivity index (χ2n) is 4.88. The van der Waals surface area contributed by atoms with Gasteiger partial charge in [-0.05, 0) is 43.7 Å². The Morgan fingerprint density at radius 1 is 1.24 bits per heavy atom. The SMILES string of the molecule is NC(=S)c1cc2c(nc1N1CCCC1)CCC2. The van der Waals surface area contributed by atoms with E-state index in [1.165, 1.54) is 30.5 Å². The smallest absolute Gasteiger partial charge is 0.139 e. The van der Waals surface area contributed by atoms with Crippen molar-refractivity contribution in [2.75, 3.05) is 18.0 Å². The number of thiocarbonyl (C=S) groups is 1. The average molecular weight is 247 g/mol. The summed E-state index contributed by atoms with van der Waals surface area (Å²) in [6, 6.07) is 2.17. The fourth-order valence-electron chi connectivity index (χ4n) is 2.81. The predicted octanol–water partition coefficient (Wildman–Crippen LogP) is 1.80. The third-order valence-electron chi connectivity index (χ3n) is 3.70. The first-order valence-electron chi connectivity index (χ1n) is 6.33. The van der Waals surface area contributed by atoms with Gasteiger partial charge in [0.05, 0.1) is 5.56 Å². The molecule has 4 heteroatoms. The molecule has 17 heavy (non-hydrogen) atoms. The van der Waals surface area contributed by atoms with Crippen molar-refractivity contribution in [2.45, 2.75) is 32.1 Å². The molecule has 1 aliphatic carbocycles. The second-order valence-corrected chi connectivity index (χ2v) is 5.32. The summed E-state index contributed by atoms with van der Waals surface area (Å²) in [5, 5.41) is 0. The molecule has 0 aromatic carbocycles. The molecule has 1 saturated heterocycles. The van der Waals surface area contributed by atoms with Gasteiger partial charge >= 0.3 is 0 Å². The zero-order chi connectivity index (χ0) is 11.8. The molecule has 2 heterocycles. The quantitative estimate of drug-likeness (QED) is 0.809. The third kappa shape index (κ3) is 1.90. The standard InChI is InChI=1S/C13H17N3S/c14-12(17)10-8-9-4-3-5-11(9)15-13(10)16-6-1-2-7-16/h8H,1-7H2,(H2,14,17). The first-order chi connectivity index (χ1) is 8.25. The second kappa shape index (κ2) is 4.26. The summed E-state index contributed by atoms with van der Waals surface area (Å²) >= 11 is 5.17. The molecular weight excluding hydrogens is 230 g/mol. The molecule has 2 aliphatic rings. The Bertz CT molecular complexity index is 464. The van der Waals surface area contributed by atoms with Gasteiger partial charge in [0.2, 0.25) is 0 Å². The molecule has 0 amide bonds. The van der Waals surface area contributed by atoms with E-state index in [1.54, 1.807) is 0 Å². The lowest BCUT2D eigenvalue weighted by atomic mass is 10.1. The fraction of sp³-hybridized carbons (Fsp3) is 0.538. The van der Waals surface area contributed by atoms with Crippen LogP contribution in [0.4, 0.5) is 5.82 Å². The molecule has 0 bridgehead atoms. The Kier molecular flexibility index (Phi) is 2.74. The predicted molar refractivity (Wildman–Crippen MR) is 73.6 cm³/mol. The number of hydrogen-bond donors (Lipinski definition) is 1. The maximum atomic E-state index is 5.84. The van der Waals surface area contributed by atoms with Crippen molar-refractivity contribution in [3.05, 3.63) is 22.9 Å². The number of pyridine rings is 1. The molecule has 0 spiro atoms.